The van der Waals surface area contributed by atoms with E-state index in [-0.39, 0.29) is 18.2 Å². The maximum Gasteiger partial charge on any atom is 0.287 e. The summed E-state index contributed by atoms with van der Waals surface area (Å²) in [4.78, 5) is 26.8. The third-order valence-corrected chi connectivity index (χ3v) is 4.02. The van der Waals surface area contributed by atoms with Gasteiger partial charge in [0.2, 0.25) is 5.91 Å². The van der Waals surface area contributed by atoms with Crippen molar-refractivity contribution < 1.29 is 14.0 Å². The molecule has 6 nitrogen and oxygen atoms in total. The van der Waals surface area contributed by atoms with Crippen LogP contribution in [-0.2, 0) is 11.2 Å². The van der Waals surface area contributed by atoms with Crippen molar-refractivity contribution in [3.63, 3.8) is 0 Å². The highest BCUT2D eigenvalue weighted by atomic mass is 79.9. The fourth-order valence-corrected chi connectivity index (χ4v) is 2.73. The average molecular weight is 390 g/mol. The molecule has 2 amide bonds. The Morgan fingerprint density at radius 2 is 1.96 bits per heavy atom. The predicted molar refractivity (Wildman–Crippen MR) is 93.8 cm³/mol. The molecule has 0 atom stereocenters. The first-order chi connectivity index (χ1) is 11.6. The zero-order valence-electron chi connectivity index (χ0n) is 12.8. The number of aromatic amines is 1. The van der Waals surface area contributed by atoms with Crippen LogP contribution in [0, 0.1) is 0 Å². The molecule has 1 aromatic carbocycles. The van der Waals surface area contributed by atoms with Gasteiger partial charge in [-0.15, -0.1) is 0 Å². The smallest absolute Gasteiger partial charge is 0.287 e. The molecule has 2 heterocycles. The second kappa shape index (κ2) is 7.35. The number of nitrogens with one attached hydrogen (secondary N) is 3. The van der Waals surface area contributed by atoms with Gasteiger partial charge >= 0.3 is 0 Å². The Bertz CT molecular complexity index is 869. The quantitative estimate of drug-likeness (QED) is 0.605. The van der Waals surface area contributed by atoms with Crippen molar-refractivity contribution >= 4 is 38.6 Å². The van der Waals surface area contributed by atoms with Crippen molar-refractivity contribution in [2.75, 3.05) is 13.1 Å². The van der Waals surface area contributed by atoms with E-state index in [1.165, 1.54) is 6.07 Å². The number of fused-ring (bicyclic) bond motifs is 1. The Kier molecular flexibility index (Phi) is 5.00. The highest BCUT2D eigenvalue weighted by molar-refractivity contribution is 9.10. The summed E-state index contributed by atoms with van der Waals surface area (Å²) in [7, 11) is 0. The topological polar surface area (TPSA) is 87.1 Å². The number of para-hydroxylation sites is 1. The van der Waals surface area contributed by atoms with E-state index in [9.17, 15) is 9.59 Å². The summed E-state index contributed by atoms with van der Waals surface area (Å²) in [5.41, 5.74) is 2.23. The molecule has 24 heavy (non-hydrogen) atoms. The van der Waals surface area contributed by atoms with E-state index < -0.39 is 5.91 Å². The van der Waals surface area contributed by atoms with E-state index in [2.05, 4.69) is 31.5 Å². The number of carbonyl (C=O) groups excluding carboxylic acids is 2. The second-order valence-corrected chi connectivity index (χ2v) is 6.03. The van der Waals surface area contributed by atoms with E-state index in [1.807, 2.05) is 30.5 Å². The minimum Gasteiger partial charge on any atom is -0.444 e. The number of furan rings is 1. The SMILES string of the molecule is O=C(CNC(=O)c1ccc(Br)o1)NCCc1c[nH]c2ccccc12. The van der Waals surface area contributed by atoms with Gasteiger partial charge in [-0.25, -0.2) is 0 Å². The number of benzene rings is 1. The molecule has 2 aromatic heterocycles. The molecule has 0 saturated carbocycles. The van der Waals surface area contributed by atoms with Crippen LogP contribution in [0.4, 0.5) is 0 Å². The lowest BCUT2D eigenvalue weighted by molar-refractivity contribution is -0.120. The van der Waals surface area contributed by atoms with Gasteiger partial charge in [0.15, 0.2) is 10.4 Å². The van der Waals surface area contributed by atoms with Gasteiger partial charge < -0.3 is 20.0 Å². The number of hydrogen-bond donors (Lipinski definition) is 3. The molecule has 7 heteroatoms. The molecule has 3 N–H and O–H groups in total. The van der Waals surface area contributed by atoms with Gasteiger partial charge in [0.1, 0.15) is 0 Å². The number of H-pyrrole nitrogens is 1. The molecule has 3 aromatic rings. The third-order valence-electron chi connectivity index (χ3n) is 3.60. The Hall–Kier alpha value is -2.54. The normalized spacial score (nSPS) is 10.7. The number of amides is 2. The van der Waals surface area contributed by atoms with E-state index >= 15 is 0 Å². The maximum atomic E-state index is 11.8. The first kappa shape index (κ1) is 16.3. The third kappa shape index (κ3) is 3.86. The second-order valence-electron chi connectivity index (χ2n) is 5.25. The van der Waals surface area contributed by atoms with Crippen molar-refractivity contribution in [2.45, 2.75) is 6.42 Å². The maximum absolute atomic E-state index is 11.8. The van der Waals surface area contributed by atoms with Gasteiger partial charge in [0.05, 0.1) is 6.54 Å². The summed E-state index contributed by atoms with van der Waals surface area (Å²) in [6.45, 7) is 0.411. The highest BCUT2D eigenvalue weighted by Crippen LogP contribution is 2.17. The summed E-state index contributed by atoms with van der Waals surface area (Å²) in [5, 5.41) is 6.46. The van der Waals surface area contributed by atoms with Gasteiger partial charge in [0, 0.05) is 23.6 Å². The molecular weight excluding hydrogens is 374 g/mol. The Labute approximate surface area is 146 Å². The number of carbonyl (C=O) groups is 2. The van der Waals surface area contributed by atoms with Crippen molar-refractivity contribution in [3.8, 4) is 0 Å². The predicted octanol–water partition coefficient (Wildman–Crippen LogP) is 2.61. The van der Waals surface area contributed by atoms with Crippen molar-refractivity contribution in [1.29, 1.82) is 0 Å². The van der Waals surface area contributed by atoms with Crippen LogP contribution in [0.3, 0.4) is 0 Å². The van der Waals surface area contributed by atoms with Crippen LogP contribution >= 0.6 is 15.9 Å². The molecule has 0 bridgehead atoms. The lowest BCUT2D eigenvalue weighted by atomic mass is 10.1. The molecule has 0 aliphatic rings. The molecule has 0 unspecified atom stereocenters. The highest BCUT2D eigenvalue weighted by Gasteiger charge is 2.11. The molecule has 0 spiro atoms. The first-order valence-electron chi connectivity index (χ1n) is 7.49. The number of aromatic nitrogens is 1. The zero-order chi connectivity index (χ0) is 16.9. The summed E-state index contributed by atoms with van der Waals surface area (Å²) >= 11 is 3.12. The molecule has 0 aliphatic carbocycles. The molecule has 124 valence electrons. The summed E-state index contributed by atoms with van der Waals surface area (Å²) in [6, 6.07) is 11.2. The first-order valence-corrected chi connectivity index (χ1v) is 8.28. The molecule has 0 fully saturated rings. The van der Waals surface area contributed by atoms with Gasteiger partial charge in [-0.3, -0.25) is 9.59 Å². The van der Waals surface area contributed by atoms with Gasteiger partial charge in [-0.1, -0.05) is 18.2 Å². The number of rotatable bonds is 6. The zero-order valence-corrected chi connectivity index (χ0v) is 14.4. The van der Waals surface area contributed by atoms with Gasteiger partial charge in [0.25, 0.3) is 5.91 Å². The minimum atomic E-state index is -0.424. The minimum absolute atomic E-state index is 0.0922. The number of hydrogen-bond acceptors (Lipinski definition) is 3. The summed E-state index contributed by atoms with van der Waals surface area (Å²) < 4.78 is 5.59. The fraction of sp³-hybridized carbons (Fsp3) is 0.176. The monoisotopic (exact) mass is 389 g/mol. The molecule has 3 rings (SSSR count). The van der Waals surface area contributed by atoms with E-state index in [4.69, 9.17) is 4.42 Å². The van der Waals surface area contributed by atoms with Gasteiger partial charge in [-0.2, -0.15) is 0 Å². The van der Waals surface area contributed by atoms with Crippen LogP contribution in [0.5, 0.6) is 0 Å². The summed E-state index contributed by atoms with van der Waals surface area (Å²) in [6.07, 6.45) is 2.67. The van der Waals surface area contributed by atoms with Crippen molar-refractivity contribution in [2.24, 2.45) is 0 Å². The van der Waals surface area contributed by atoms with Crippen molar-refractivity contribution in [3.05, 3.63) is 58.6 Å². The fourth-order valence-electron chi connectivity index (χ4n) is 2.42. The number of halogens is 1. The Morgan fingerprint density at radius 3 is 2.75 bits per heavy atom. The molecule has 0 aliphatic heterocycles. The largest absolute Gasteiger partial charge is 0.444 e. The van der Waals surface area contributed by atoms with Crippen LogP contribution < -0.4 is 10.6 Å². The van der Waals surface area contributed by atoms with E-state index in [0.29, 0.717) is 11.2 Å². The molecule has 0 saturated heterocycles. The standard InChI is InChI=1S/C17H16BrN3O3/c18-15-6-5-14(24-15)17(23)21-10-16(22)19-8-7-11-9-20-13-4-2-1-3-12(11)13/h1-6,9,20H,7-8,10H2,(H,19,22)(H,21,23). The van der Waals surface area contributed by atoms with Gasteiger partial charge in [-0.05, 0) is 46.1 Å². The van der Waals surface area contributed by atoms with E-state index in [0.717, 1.165) is 22.9 Å². The molecule has 0 radical (unpaired) electrons. The van der Waals surface area contributed by atoms with Crippen LogP contribution in [0.1, 0.15) is 16.1 Å². The summed E-state index contributed by atoms with van der Waals surface area (Å²) in [5.74, 6) is -0.505. The van der Waals surface area contributed by atoms with Crippen molar-refractivity contribution in [1.82, 2.24) is 15.6 Å². The lowest BCUT2D eigenvalue weighted by Crippen LogP contribution is -2.37. The Balaban J connectivity index is 1.43. The van der Waals surface area contributed by atoms with Crippen LogP contribution in [0.15, 0.2) is 51.7 Å². The average Bonchev–Trinajstić information content (AvgIpc) is 3.19. The van der Waals surface area contributed by atoms with Crippen LogP contribution in [0.25, 0.3) is 10.9 Å². The molecular formula is C17H16BrN3O3. The Morgan fingerprint density at radius 1 is 1.12 bits per heavy atom. The van der Waals surface area contributed by atoms with E-state index in [1.54, 1.807) is 6.07 Å². The van der Waals surface area contributed by atoms with Crippen LogP contribution in [-0.4, -0.2) is 29.9 Å². The lowest BCUT2D eigenvalue weighted by Gasteiger charge is -2.06. The van der Waals surface area contributed by atoms with Crippen LogP contribution in [0.2, 0.25) is 0 Å².